The average molecular weight is 325 g/mol. The van der Waals surface area contributed by atoms with Crippen molar-refractivity contribution in [1.29, 1.82) is 0 Å². The summed E-state index contributed by atoms with van der Waals surface area (Å²) in [6, 6.07) is 0. The molecule has 0 rings (SSSR count). The maximum Gasteiger partial charge on any atom is 0.310 e. The highest BCUT2D eigenvalue weighted by Gasteiger charge is 2.06. The van der Waals surface area contributed by atoms with Crippen molar-refractivity contribution >= 4 is 11.8 Å². The highest BCUT2D eigenvalue weighted by Crippen LogP contribution is 2.10. The van der Waals surface area contributed by atoms with Gasteiger partial charge in [0.25, 0.3) is 0 Å². The Kier molecular flexibility index (Phi) is 16.4. The minimum absolute atomic E-state index is 0.143. The van der Waals surface area contributed by atoms with Gasteiger partial charge in [0, 0.05) is 6.42 Å². The predicted molar refractivity (Wildman–Crippen MR) is 96.7 cm³/mol. The van der Waals surface area contributed by atoms with Crippen molar-refractivity contribution in [3.63, 3.8) is 0 Å². The number of allylic oxidation sites excluding steroid dienone is 2. The van der Waals surface area contributed by atoms with Crippen molar-refractivity contribution in [3.8, 4) is 0 Å². The lowest BCUT2D eigenvalue weighted by molar-refractivity contribution is -0.140. The van der Waals surface area contributed by atoms with E-state index in [1.807, 2.05) is 0 Å². The molecule has 0 bridgehead atoms. The lowest BCUT2D eigenvalue weighted by atomic mass is 10.1. The molecule has 0 saturated heterocycles. The summed E-state index contributed by atoms with van der Waals surface area (Å²) >= 11 is 0. The molecule has 0 heterocycles. The molecule has 3 heteroatoms. The van der Waals surface area contributed by atoms with Gasteiger partial charge in [0.15, 0.2) is 0 Å². The highest BCUT2D eigenvalue weighted by atomic mass is 16.4. The van der Waals surface area contributed by atoms with Crippen LogP contribution in [0, 0.1) is 0 Å². The number of carbonyl (C=O) groups excluding carboxylic acids is 1. The van der Waals surface area contributed by atoms with Gasteiger partial charge < -0.3 is 5.11 Å². The Morgan fingerprint density at radius 3 is 1.74 bits per heavy atom. The predicted octanol–water partition coefficient (Wildman–Crippen LogP) is 6.07. The molecule has 0 aromatic rings. The summed E-state index contributed by atoms with van der Waals surface area (Å²) in [4.78, 5) is 21.5. The quantitative estimate of drug-likeness (QED) is 0.201. The number of hydrogen-bond acceptors (Lipinski definition) is 2. The Morgan fingerprint density at radius 1 is 0.739 bits per heavy atom. The fraction of sp³-hybridized carbons (Fsp3) is 0.800. The van der Waals surface area contributed by atoms with E-state index in [0.717, 1.165) is 25.7 Å². The molecule has 0 fully saturated rings. The molecule has 0 amide bonds. The van der Waals surface area contributed by atoms with Crippen LogP contribution in [0.5, 0.6) is 0 Å². The largest absolute Gasteiger partial charge is 0.481 e. The first-order valence-corrected chi connectivity index (χ1v) is 9.55. The maximum atomic E-state index is 11.2. The Balaban J connectivity index is 3.19. The van der Waals surface area contributed by atoms with Crippen molar-refractivity contribution in [2.24, 2.45) is 0 Å². The molecule has 0 radical (unpaired) electrons. The molecular weight excluding hydrogens is 288 g/mol. The standard InChI is InChI=1S/C20H36O3/c1-2-3-4-5-6-7-8-9-10-11-12-13-14-15-16-17-19(21)18-20(22)23/h9-10H,2-8,11-18H2,1H3,(H,22,23). The van der Waals surface area contributed by atoms with Gasteiger partial charge in [-0.2, -0.15) is 0 Å². The molecule has 23 heavy (non-hydrogen) atoms. The second-order valence-electron chi connectivity index (χ2n) is 6.44. The smallest absolute Gasteiger partial charge is 0.310 e. The lowest BCUT2D eigenvalue weighted by Gasteiger charge is -2.00. The van der Waals surface area contributed by atoms with Gasteiger partial charge in [-0.3, -0.25) is 9.59 Å². The molecule has 0 spiro atoms. The molecular formula is C20H36O3. The Morgan fingerprint density at radius 2 is 1.22 bits per heavy atom. The van der Waals surface area contributed by atoms with Gasteiger partial charge in [0.1, 0.15) is 12.2 Å². The summed E-state index contributed by atoms with van der Waals surface area (Å²) in [7, 11) is 0. The van der Waals surface area contributed by atoms with Crippen LogP contribution in [0.25, 0.3) is 0 Å². The Labute approximate surface area is 142 Å². The Bertz CT molecular complexity index is 321. The summed E-state index contributed by atoms with van der Waals surface area (Å²) in [5.74, 6) is -1.15. The zero-order valence-electron chi connectivity index (χ0n) is 15.0. The van der Waals surface area contributed by atoms with Gasteiger partial charge in [0.2, 0.25) is 0 Å². The molecule has 0 atom stereocenters. The summed E-state index contributed by atoms with van der Waals surface area (Å²) < 4.78 is 0. The molecule has 0 aromatic heterocycles. The van der Waals surface area contributed by atoms with E-state index in [4.69, 9.17) is 5.11 Å². The third-order valence-corrected chi connectivity index (χ3v) is 4.07. The molecule has 134 valence electrons. The number of aliphatic carboxylic acids is 1. The summed E-state index contributed by atoms with van der Waals surface area (Å²) in [5.41, 5.74) is 0. The second-order valence-corrected chi connectivity index (χ2v) is 6.44. The fourth-order valence-corrected chi connectivity index (χ4v) is 2.65. The summed E-state index contributed by atoms with van der Waals surface area (Å²) in [6.45, 7) is 2.25. The third-order valence-electron chi connectivity index (χ3n) is 4.07. The van der Waals surface area contributed by atoms with Crippen LogP contribution in [0.1, 0.15) is 103 Å². The van der Waals surface area contributed by atoms with Gasteiger partial charge >= 0.3 is 5.97 Å². The zero-order chi connectivity index (χ0) is 17.2. The molecule has 0 aliphatic heterocycles. The second kappa shape index (κ2) is 17.2. The van der Waals surface area contributed by atoms with Crippen LogP contribution < -0.4 is 0 Å². The molecule has 3 nitrogen and oxygen atoms in total. The van der Waals surface area contributed by atoms with Crippen LogP contribution in [-0.4, -0.2) is 16.9 Å². The van der Waals surface area contributed by atoms with Crippen molar-refractivity contribution in [2.45, 2.75) is 103 Å². The van der Waals surface area contributed by atoms with E-state index in [0.29, 0.717) is 6.42 Å². The van der Waals surface area contributed by atoms with Crippen molar-refractivity contribution in [3.05, 3.63) is 12.2 Å². The van der Waals surface area contributed by atoms with Crippen LogP contribution in [0.3, 0.4) is 0 Å². The average Bonchev–Trinajstić information content (AvgIpc) is 2.50. The van der Waals surface area contributed by atoms with E-state index < -0.39 is 5.97 Å². The molecule has 0 aromatic carbocycles. The van der Waals surface area contributed by atoms with Gasteiger partial charge in [0.05, 0.1) is 0 Å². The molecule has 0 aliphatic carbocycles. The first-order chi connectivity index (χ1) is 11.2. The van der Waals surface area contributed by atoms with Crippen LogP contribution in [0.15, 0.2) is 12.2 Å². The van der Waals surface area contributed by atoms with E-state index >= 15 is 0 Å². The summed E-state index contributed by atoms with van der Waals surface area (Å²) in [5, 5.41) is 8.48. The van der Waals surface area contributed by atoms with E-state index in [1.165, 1.54) is 57.8 Å². The van der Waals surface area contributed by atoms with Crippen LogP contribution >= 0.6 is 0 Å². The third kappa shape index (κ3) is 18.8. The number of unbranched alkanes of at least 4 members (excludes halogenated alkanes) is 11. The number of carboxylic acids is 1. The van der Waals surface area contributed by atoms with Crippen LogP contribution in [0.4, 0.5) is 0 Å². The van der Waals surface area contributed by atoms with Gasteiger partial charge in [-0.1, -0.05) is 70.4 Å². The van der Waals surface area contributed by atoms with E-state index in [2.05, 4.69) is 19.1 Å². The zero-order valence-corrected chi connectivity index (χ0v) is 15.0. The van der Waals surface area contributed by atoms with Gasteiger partial charge in [-0.15, -0.1) is 0 Å². The number of ketones is 1. The van der Waals surface area contributed by atoms with Crippen molar-refractivity contribution in [2.75, 3.05) is 0 Å². The number of carbonyl (C=O) groups is 2. The first-order valence-electron chi connectivity index (χ1n) is 9.55. The lowest BCUT2D eigenvalue weighted by Crippen LogP contribution is -2.05. The SMILES string of the molecule is CCCCCCCCC=CCCCCCCCC(=O)CC(=O)O. The number of carboxylic acid groups (broad SMARTS) is 1. The van der Waals surface area contributed by atoms with Crippen LogP contribution in [-0.2, 0) is 9.59 Å². The normalized spacial score (nSPS) is 11.2. The van der Waals surface area contributed by atoms with E-state index in [9.17, 15) is 9.59 Å². The number of rotatable bonds is 17. The molecule has 0 aliphatic rings. The highest BCUT2D eigenvalue weighted by molar-refractivity contribution is 5.94. The topological polar surface area (TPSA) is 54.4 Å². The van der Waals surface area contributed by atoms with Crippen LogP contribution in [0.2, 0.25) is 0 Å². The van der Waals surface area contributed by atoms with E-state index in [1.54, 1.807) is 0 Å². The molecule has 0 unspecified atom stereocenters. The van der Waals surface area contributed by atoms with Crippen molar-refractivity contribution < 1.29 is 14.7 Å². The molecule has 1 N–H and O–H groups in total. The fourth-order valence-electron chi connectivity index (χ4n) is 2.65. The summed E-state index contributed by atoms with van der Waals surface area (Å²) in [6.07, 6.45) is 20.7. The maximum absolute atomic E-state index is 11.2. The number of hydrogen-bond donors (Lipinski definition) is 1. The first kappa shape index (κ1) is 21.9. The minimum Gasteiger partial charge on any atom is -0.481 e. The minimum atomic E-state index is -1.01. The van der Waals surface area contributed by atoms with E-state index in [-0.39, 0.29) is 12.2 Å². The molecule has 0 saturated carbocycles. The van der Waals surface area contributed by atoms with Crippen molar-refractivity contribution in [1.82, 2.24) is 0 Å². The monoisotopic (exact) mass is 324 g/mol. The van der Waals surface area contributed by atoms with Gasteiger partial charge in [-0.05, 0) is 32.1 Å². The number of Topliss-reactive ketones (excluding diaryl/α,β-unsaturated/α-hetero) is 1. The Hall–Kier alpha value is -1.12. The van der Waals surface area contributed by atoms with Gasteiger partial charge in [-0.25, -0.2) is 0 Å².